The molecule has 0 saturated heterocycles. The number of rotatable bonds is 11. The van der Waals surface area contributed by atoms with Crippen molar-refractivity contribution < 1.29 is 4.74 Å². The summed E-state index contributed by atoms with van der Waals surface area (Å²) in [5.41, 5.74) is 2.46. The van der Waals surface area contributed by atoms with Gasteiger partial charge in [0.05, 0.1) is 6.10 Å². The van der Waals surface area contributed by atoms with Gasteiger partial charge in [-0.2, -0.15) is 0 Å². The summed E-state index contributed by atoms with van der Waals surface area (Å²) < 4.78 is 8.09. The summed E-state index contributed by atoms with van der Waals surface area (Å²) >= 11 is 0. The molecule has 1 heterocycles. The topological polar surface area (TPSA) is 63.5 Å². The van der Waals surface area contributed by atoms with Gasteiger partial charge in [-0.15, -0.1) is 24.0 Å². The summed E-state index contributed by atoms with van der Waals surface area (Å²) in [6.07, 6.45) is 4.85. The Morgan fingerprint density at radius 3 is 2.50 bits per heavy atom. The lowest BCUT2D eigenvalue weighted by Gasteiger charge is -2.15. The molecule has 0 fully saturated rings. The van der Waals surface area contributed by atoms with E-state index in [-0.39, 0.29) is 30.1 Å². The predicted octanol–water partition coefficient (Wildman–Crippen LogP) is 4.77. The number of aliphatic imine (C=N–C) groups is 1. The number of ether oxygens (including phenoxy) is 1. The zero-order valence-corrected chi connectivity index (χ0v) is 21.2. The second-order valence-corrected chi connectivity index (χ2v) is 7.36. The maximum absolute atomic E-state index is 5.95. The first kappa shape index (κ1) is 25.9. The molecule has 0 aliphatic rings. The van der Waals surface area contributed by atoms with Gasteiger partial charge < -0.3 is 19.9 Å². The Balaban J connectivity index is 0.00000363. The van der Waals surface area contributed by atoms with Crippen LogP contribution in [0, 0.1) is 0 Å². The maximum atomic E-state index is 5.95. The standard InChI is InChI=1S/C25H33N5O.HI/c1-3-26-25(28-15-10-18-31-21(2)23-13-8-5-9-14-23)29-19-24-27-16-17-30(24)20-22-11-6-4-7-12-22;/h4-9,11-14,16-17,21H,3,10,15,18-20H2,1-2H3,(H2,26,28,29);1H. The van der Waals surface area contributed by atoms with Crippen LogP contribution < -0.4 is 10.6 Å². The molecule has 2 aromatic carbocycles. The van der Waals surface area contributed by atoms with Gasteiger partial charge in [-0.05, 0) is 31.4 Å². The number of hydrogen-bond donors (Lipinski definition) is 2. The molecule has 1 aromatic heterocycles. The molecule has 6 nitrogen and oxygen atoms in total. The normalized spacial score (nSPS) is 12.1. The number of nitrogens with one attached hydrogen (secondary N) is 2. The van der Waals surface area contributed by atoms with E-state index in [1.54, 1.807) is 0 Å². The third kappa shape index (κ3) is 8.63. The lowest BCUT2D eigenvalue weighted by atomic mass is 10.1. The molecule has 0 spiro atoms. The van der Waals surface area contributed by atoms with E-state index in [4.69, 9.17) is 9.73 Å². The van der Waals surface area contributed by atoms with E-state index in [2.05, 4.69) is 70.4 Å². The van der Waals surface area contributed by atoms with E-state index in [1.165, 1.54) is 11.1 Å². The molecular weight excluding hydrogens is 513 g/mol. The Morgan fingerprint density at radius 2 is 1.78 bits per heavy atom. The van der Waals surface area contributed by atoms with Gasteiger partial charge in [0, 0.05) is 38.6 Å². The summed E-state index contributed by atoms with van der Waals surface area (Å²) in [7, 11) is 0. The molecule has 0 aliphatic heterocycles. The molecule has 0 amide bonds. The number of benzene rings is 2. The second kappa shape index (κ2) is 14.6. The van der Waals surface area contributed by atoms with Gasteiger partial charge in [-0.25, -0.2) is 9.98 Å². The van der Waals surface area contributed by atoms with E-state index >= 15 is 0 Å². The first-order chi connectivity index (χ1) is 15.3. The lowest BCUT2D eigenvalue weighted by molar-refractivity contribution is 0.0646. The fourth-order valence-corrected chi connectivity index (χ4v) is 3.27. The molecular formula is C25H34IN5O. The van der Waals surface area contributed by atoms with Crippen molar-refractivity contribution in [1.29, 1.82) is 0 Å². The second-order valence-electron chi connectivity index (χ2n) is 7.36. The monoisotopic (exact) mass is 547 g/mol. The van der Waals surface area contributed by atoms with Gasteiger partial charge in [0.15, 0.2) is 5.96 Å². The van der Waals surface area contributed by atoms with Gasteiger partial charge in [0.1, 0.15) is 12.4 Å². The lowest BCUT2D eigenvalue weighted by Crippen LogP contribution is -2.38. The third-order valence-corrected chi connectivity index (χ3v) is 4.97. The minimum atomic E-state index is 0. The minimum Gasteiger partial charge on any atom is -0.374 e. The van der Waals surface area contributed by atoms with Crippen LogP contribution in [0.3, 0.4) is 0 Å². The number of hydrogen-bond acceptors (Lipinski definition) is 3. The fourth-order valence-electron chi connectivity index (χ4n) is 3.27. The number of aromatic nitrogens is 2. The molecule has 1 unspecified atom stereocenters. The molecule has 0 radical (unpaired) electrons. The Morgan fingerprint density at radius 1 is 1.06 bits per heavy atom. The van der Waals surface area contributed by atoms with E-state index in [9.17, 15) is 0 Å². The third-order valence-electron chi connectivity index (χ3n) is 4.97. The zero-order valence-electron chi connectivity index (χ0n) is 18.9. The highest BCUT2D eigenvalue weighted by Crippen LogP contribution is 2.15. The largest absolute Gasteiger partial charge is 0.374 e. The highest BCUT2D eigenvalue weighted by Gasteiger charge is 2.06. The van der Waals surface area contributed by atoms with Crippen molar-refractivity contribution in [3.8, 4) is 0 Å². The van der Waals surface area contributed by atoms with Crippen LogP contribution in [0.25, 0.3) is 0 Å². The van der Waals surface area contributed by atoms with Crippen molar-refractivity contribution in [2.45, 2.75) is 39.5 Å². The van der Waals surface area contributed by atoms with Crippen LogP contribution in [0.2, 0.25) is 0 Å². The summed E-state index contributed by atoms with van der Waals surface area (Å²) in [4.78, 5) is 9.19. The SMILES string of the molecule is CCNC(=NCc1nccn1Cc1ccccc1)NCCCOC(C)c1ccccc1.I. The van der Waals surface area contributed by atoms with Crippen LogP contribution in [-0.2, 0) is 17.8 Å². The van der Waals surface area contributed by atoms with Crippen molar-refractivity contribution in [3.63, 3.8) is 0 Å². The number of nitrogens with zero attached hydrogens (tertiary/aromatic N) is 3. The fraction of sp³-hybridized carbons (Fsp3) is 0.360. The first-order valence-electron chi connectivity index (χ1n) is 11.0. The smallest absolute Gasteiger partial charge is 0.191 e. The summed E-state index contributed by atoms with van der Waals surface area (Å²) in [5, 5.41) is 6.69. The Bertz CT molecular complexity index is 914. The van der Waals surface area contributed by atoms with E-state index in [1.807, 2.05) is 36.7 Å². The van der Waals surface area contributed by atoms with Crippen molar-refractivity contribution in [2.75, 3.05) is 19.7 Å². The average molecular weight is 547 g/mol. The molecule has 0 saturated carbocycles. The van der Waals surface area contributed by atoms with Crippen LogP contribution >= 0.6 is 24.0 Å². The van der Waals surface area contributed by atoms with Gasteiger partial charge >= 0.3 is 0 Å². The molecule has 32 heavy (non-hydrogen) atoms. The van der Waals surface area contributed by atoms with Crippen molar-refractivity contribution in [2.24, 2.45) is 4.99 Å². The minimum absolute atomic E-state index is 0. The zero-order chi connectivity index (χ0) is 21.7. The van der Waals surface area contributed by atoms with E-state index in [0.29, 0.717) is 13.2 Å². The van der Waals surface area contributed by atoms with Gasteiger partial charge in [-0.3, -0.25) is 0 Å². The molecule has 172 valence electrons. The molecule has 0 bridgehead atoms. The van der Waals surface area contributed by atoms with Gasteiger partial charge in [0.25, 0.3) is 0 Å². The van der Waals surface area contributed by atoms with Crippen LogP contribution in [-0.4, -0.2) is 35.2 Å². The van der Waals surface area contributed by atoms with Crippen molar-refractivity contribution in [3.05, 3.63) is 90.0 Å². The number of imidazole rings is 1. The highest BCUT2D eigenvalue weighted by molar-refractivity contribution is 14.0. The van der Waals surface area contributed by atoms with Crippen LogP contribution in [0.1, 0.15) is 43.3 Å². The summed E-state index contributed by atoms with van der Waals surface area (Å²) in [5.74, 6) is 1.74. The highest BCUT2D eigenvalue weighted by atomic mass is 127. The van der Waals surface area contributed by atoms with Crippen molar-refractivity contribution >= 4 is 29.9 Å². The first-order valence-corrected chi connectivity index (χ1v) is 11.0. The molecule has 3 aromatic rings. The van der Waals surface area contributed by atoms with Crippen LogP contribution in [0.15, 0.2) is 78.0 Å². The molecule has 1 atom stereocenters. The molecule has 0 aliphatic carbocycles. The van der Waals surface area contributed by atoms with Crippen molar-refractivity contribution in [1.82, 2.24) is 20.2 Å². The Hall–Kier alpha value is -2.39. The van der Waals surface area contributed by atoms with Crippen LogP contribution in [0.5, 0.6) is 0 Å². The number of guanidine groups is 1. The molecule has 3 rings (SSSR count). The number of halogens is 1. The van der Waals surface area contributed by atoms with Gasteiger partial charge in [-0.1, -0.05) is 60.7 Å². The molecule has 7 heteroatoms. The van der Waals surface area contributed by atoms with E-state index < -0.39 is 0 Å². The van der Waals surface area contributed by atoms with Gasteiger partial charge in [0.2, 0.25) is 0 Å². The van der Waals surface area contributed by atoms with E-state index in [0.717, 1.165) is 37.8 Å². The molecule has 2 N–H and O–H groups in total. The average Bonchev–Trinajstić information content (AvgIpc) is 3.25. The quantitative estimate of drug-likeness (QED) is 0.157. The Kier molecular flexibility index (Phi) is 11.8. The maximum Gasteiger partial charge on any atom is 0.191 e. The van der Waals surface area contributed by atoms with Crippen LogP contribution in [0.4, 0.5) is 0 Å². The summed E-state index contributed by atoms with van der Waals surface area (Å²) in [6, 6.07) is 20.7. The predicted molar refractivity (Wildman–Crippen MR) is 141 cm³/mol. The summed E-state index contributed by atoms with van der Waals surface area (Å²) in [6.45, 7) is 7.79. The Labute approximate surface area is 208 Å².